The van der Waals surface area contributed by atoms with Crippen molar-refractivity contribution in [2.24, 2.45) is 4.99 Å². The number of benzene rings is 1. The Hall–Kier alpha value is -1.11. The number of aliphatic imine (C=N–C) groups is 1. The van der Waals surface area contributed by atoms with Gasteiger partial charge in [-0.1, -0.05) is 24.3 Å². The van der Waals surface area contributed by atoms with Gasteiger partial charge in [0, 0.05) is 12.8 Å². The molecule has 0 N–H and O–H groups in total. The van der Waals surface area contributed by atoms with Crippen molar-refractivity contribution >= 4 is 6.21 Å². The summed E-state index contributed by atoms with van der Waals surface area (Å²) in [4.78, 5) is 4.29. The molecule has 0 radical (unpaired) electrons. The molecule has 0 bridgehead atoms. The third kappa shape index (κ3) is 1.32. The second kappa shape index (κ2) is 2.87. The Balaban J connectivity index is 2.45. The predicted octanol–water partition coefficient (Wildman–Crippen LogP) is 2.05. The molecule has 0 fully saturated rings. The minimum Gasteiger partial charge on any atom is -0.293 e. The molecule has 0 amide bonds. The first-order chi connectivity index (χ1) is 5.47. The van der Waals surface area contributed by atoms with E-state index >= 15 is 0 Å². The summed E-state index contributed by atoms with van der Waals surface area (Å²) in [5, 5.41) is 0. The Morgan fingerprint density at radius 2 is 2.09 bits per heavy atom. The normalized spacial score (nSPS) is 15.6. The fourth-order valence-corrected chi connectivity index (χ4v) is 1.41. The Morgan fingerprint density at radius 1 is 1.18 bits per heavy atom. The Labute approximate surface area is 66.8 Å². The van der Waals surface area contributed by atoms with Gasteiger partial charge in [-0.05, 0) is 24.0 Å². The summed E-state index contributed by atoms with van der Waals surface area (Å²) >= 11 is 0. The van der Waals surface area contributed by atoms with Crippen molar-refractivity contribution in [2.75, 3.05) is 6.54 Å². The summed E-state index contributed by atoms with van der Waals surface area (Å²) < 4.78 is 0. The van der Waals surface area contributed by atoms with Gasteiger partial charge in [-0.15, -0.1) is 0 Å². The molecule has 1 aliphatic heterocycles. The van der Waals surface area contributed by atoms with Crippen molar-refractivity contribution in [3.63, 3.8) is 0 Å². The van der Waals surface area contributed by atoms with Crippen molar-refractivity contribution in [3.8, 4) is 0 Å². The molecule has 0 unspecified atom stereocenters. The third-order valence-corrected chi connectivity index (χ3v) is 2.02. The largest absolute Gasteiger partial charge is 0.293 e. The van der Waals surface area contributed by atoms with Crippen molar-refractivity contribution in [2.45, 2.75) is 12.8 Å². The van der Waals surface area contributed by atoms with E-state index in [1.807, 2.05) is 6.21 Å². The number of rotatable bonds is 0. The lowest BCUT2D eigenvalue weighted by molar-refractivity contribution is 0.846. The number of aryl methyl sites for hydroxylation is 1. The van der Waals surface area contributed by atoms with E-state index in [4.69, 9.17) is 0 Å². The van der Waals surface area contributed by atoms with Crippen LogP contribution in [-0.4, -0.2) is 12.8 Å². The summed E-state index contributed by atoms with van der Waals surface area (Å²) in [5.41, 5.74) is 2.73. The molecule has 0 spiro atoms. The molecule has 0 atom stereocenters. The first-order valence-electron chi connectivity index (χ1n) is 4.04. The summed E-state index contributed by atoms with van der Waals surface area (Å²) in [6, 6.07) is 8.48. The molecule has 0 saturated heterocycles. The van der Waals surface area contributed by atoms with Crippen molar-refractivity contribution in [1.29, 1.82) is 0 Å². The third-order valence-electron chi connectivity index (χ3n) is 2.02. The second-order valence-electron chi connectivity index (χ2n) is 2.84. The van der Waals surface area contributed by atoms with Gasteiger partial charge in [0.05, 0.1) is 0 Å². The molecule has 2 rings (SSSR count). The molecule has 0 saturated carbocycles. The molecular weight excluding hydrogens is 134 g/mol. The maximum absolute atomic E-state index is 4.29. The summed E-state index contributed by atoms with van der Waals surface area (Å²) in [6.07, 6.45) is 4.35. The van der Waals surface area contributed by atoms with E-state index < -0.39 is 0 Å². The SMILES string of the molecule is C1=NCCCc2ccccc21. The number of nitrogens with zero attached hydrogens (tertiary/aromatic N) is 1. The maximum Gasteiger partial charge on any atom is 0.0392 e. The van der Waals surface area contributed by atoms with E-state index in [9.17, 15) is 0 Å². The van der Waals surface area contributed by atoms with Crippen LogP contribution >= 0.6 is 0 Å². The van der Waals surface area contributed by atoms with E-state index in [-0.39, 0.29) is 0 Å². The molecule has 56 valence electrons. The highest BCUT2D eigenvalue weighted by Gasteiger charge is 2.01. The highest BCUT2D eigenvalue weighted by Crippen LogP contribution is 2.11. The van der Waals surface area contributed by atoms with Crippen molar-refractivity contribution in [3.05, 3.63) is 35.4 Å². The smallest absolute Gasteiger partial charge is 0.0392 e. The molecule has 1 heteroatoms. The first kappa shape index (κ1) is 6.59. The van der Waals surface area contributed by atoms with Gasteiger partial charge >= 0.3 is 0 Å². The molecule has 1 aromatic carbocycles. The Kier molecular flexibility index (Phi) is 1.72. The minimum atomic E-state index is 0.981. The van der Waals surface area contributed by atoms with Gasteiger partial charge in [0.2, 0.25) is 0 Å². The zero-order valence-electron chi connectivity index (χ0n) is 6.46. The zero-order chi connectivity index (χ0) is 7.52. The monoisotopic (exact) mass is 145 g/mol. The standard InChI is InChI=1S/C10H11N/c1-2-5-10-8-11-7-3-6-9(10)4-1/h1-2,4-5,8H,3,6-7H2. The summed E-state index contributed by atoms with van der Waals surface area (Å²) in [5.74, 6) is 0. The molecule has 0 aromatic heterocycles. The molecule has 0 aliphatic carbocycles. The zero-order valence-corrected chi connectivity index (χ0v) is 6.46. The van der Waals surface area contributed by atoms with Gasteiger partial charge in [-0.3, -0.25) is 4.99 Å². The highest BCUT2D eigenvalue weighted by molar-refractivity contribution is 5.82. The van der Waals surface area contributed by atoms with Gasteiger partial charge in [0.25, 0.3) is 0 Å². The van der Waals surface area contributed by atoms with Crippen LogP contribution in [0.3, 0.4) is 0 Å². The number of fused-ring (bicyclic) bond motifs is 1. The Morgan fingerprint density at radius 3 is 3.09 bits per heavy atom. The fraction of sp³-hybridized carbons (Fsp3) is 0.300. The summed E-state index contributed by atoms with van der Waals surface area (Å²) in [7, 11) is 0. The quantitative estimate of drug-likeness (QED) is 0.530. The van der Waals surface area contributed by atoms with E-state index in [2.05, 4.69) is 29.3 Å². The molecular formula is C10H11N. The van der Waals surface area contributed by atoms with Crippen LogP contribution in [-0.2, 0) is 6.42 Å². The van der Waals surface area contributed by atoms with Crippen LogP contribution in [0.1, 0.15) is 17.5 Å². The molecule has 1 aromatic rings. The van der Waals surface area contributed by atoms with Crippen LogP contribution in [0.4, 0.5) is 0 Å². The van der Waals surface area contributed by atoms with E-state index in [0.717, 1.165) is 6.54 Å². The topological polar surface area (TPSA) is 12.4 Å². The highest BCUT2D eigenvalue weighted by atomic mass is 14.7. The van der Waals surface area contributed by atoms with Gasteiger partial charge in [0.15, 0.2) is 0 Å². The molecule has 1 heterocycles. The van der Waals surface area contributed by atoms with Crippen LogP contribution in [0.2, 0.25) is 0 Å². The fourth-order valence-electron chi connectivity index (χ4n) is 1.41. The molecule has 11 heavy (non-hydrogen) atoms. The van der Waals surface area contributed by atoms with E-state index in [1.165, 1.54) is 24.0 Å². The lowest BCUT2D eigenvalue weighted by Crippen LogP contribution is -1.88. The number of hydrogen-bond acceptors (Lipinski definition) is 1. The van der Waals surface area contributed by atoms with Gasteiger partial charge in [-0.25, -0.2) is 0 Å². The van der Waals surface area contributed by atoms with Gasteiger partial charge in [0.1, 0.15) is 0 Å². The maximum atomic E-state index is 4.29. The van der Waals surface area contributed by atoms with E-state index in [0.29, 0.717) is 0 Å². The number of hydrogen-bond donors (Lipinski definition) is 0. The van der Waals surface area contributed by atoms with Crippen LogP contribution in [0.15, 0.2) is 29.3 Å². The van der Waals surface area contributed by atoms with Crippen LogP contribution in [0.25, 0.3) is 0 Å². The van der Waals surface area contributed by atoms with Crippen molar-refractivity contribution in [1.82, 2.24) is 0 Å². The molecule has 1 aliphatic rings. The van der Waals surface area contributed by atoms with Crippen LogP contribution in [0, 0.1) is 0 Å². The lowest BCUT2D eigenvalue weighted by Gasteiger charge is -1.99. The van der Waals surface area contributed by atoms with Crippen LogP contribution in [0.5, 0.6) is 0 Å². The second-order valence-corrected chi connectivity index (χ2v) is 2.84. The summed E-state index contributed by atoms with van der Waals surface area (Å²) in [6.45, 7) is 0.981. The van der Waals surface area contributed by atoms with Gasteiger partial charge in [-0.2, -0.15) is 0 Å². The average Bonchev–Trinajstić information content (AvgIpc) is 2.28. The average molecular weight is 145 g/mol. The minimum absolute atomic E-state index is 0.981. The van der Waals surface area contributed by atoms with Crippen LogP contribution < -0.4 is 0 Å². The first-order valence-corrected chi connectivity index (χ1v) is 4.04. The molecule has 1 nitrogen and oxygen atoms in total. The van der Waals surface area contributed by atoms with Gasteiger partial charge < -0.3 is 0 Å². The van der Waals surface area contributed by atoms with Crippen molar-refractivity contribution < 1.29 is 0 Å². The Bertz CT molecular complexity index is 276. The predicted molar refractivity (Wildman–Crippen MR) is 47.2 cm³/mol. The van der Waals surface area contributed by atoms with E-state index in [1.54, 1.807) is 0 Å². The lowest BCUT2D eigenvalue weighted by atomic mass is 10.1.